The molecule has 0 saturated carbocycles. The van der Waals surface area contributed by atoms with Gasteiger partial charge in [0.25, 0.3) is 0 Å². The molecule has 0 aliphatic rings. The SMILES string of the molecule is Cn1cc2c(I)cc(Cl)cc2n1. The van der Waals surface area contributed by atoms with E-state index < -0.39 is 0 Å². The number of rotatable bonds is 0. The highest BCUT2D eigenvalue weighted by Gasteiger charge is 2.03. The van der Waals surface area contributed by atoms with Crippen molar-refractivity contribution in [3.05, 3.63) is 26.9 Å². The van der Waals surface area contributed by atoms with Crippen LogP contribution in [0.1, 0.15) is 0 Å². The van der Waals surface area contributed by atoms with Crippen molar-refractivity contribution in [1.82, 2.24) is 9.78 Å². The minimum absolute atomic E-state index is 0.741. The van der Waals surface area contributed by atoms with Gasteiger partial charge in [0.15, 0.2) is 0 Å². The average molecular weight is 293 g/mol. The summed E-state index contributed by atoms with van der Waals surface area (Å²) in [5.74, 6) is 0. The highest BCUT2D eigenvalue weighted by Crippen LogP contribution is 2.23. The van der Waals surface area contributed by atoms with Gasteiger partial charge in [-0.25, -0.2) is 0 Å². The summed E-state index contributed by atoms with van der Waals surface area (Å²) >= 11 is 8.14. The quantitative estimate of drug-likeness (QED) is 0.683. The van der Waals surface area contributed by atoms with Crippen molar-refractivity contribution in [3.63, 3.8) is 0 Å². The number of aryl methyl sites for hydroxylation is 1. The van der Waals surface area contributed by atoms with E-state index in [-0.39, 0.29) is 0 Å². The van der Waals surface area contributed by atoms with Gasteiger partial charge in [-0.3, -0.25) is 4.68 Å². The standard InChI is InChI=1S/C8H6ClIN2/c1-12-4-6-7(10)2-5(9)3-8(6)11-12/h2-4H,1H3. The maximum Gasteiger partial charge on any atom is 0.0948 e. The minimum Gasteiger partial charge on any atom is -0.275 e. The fraction of sp³-hybridized carbons (Fsp3) is 0.125. The summed E-state index contributed by atoms with van der Waals surface area (Å²) in [5, 5.41) is 6.16. The van der Waals surface area contributed by atoms with E-state index in [0.29, 0.717) is 0 Å². The maximum atomic E-state index is 5.88. The molecule has 2 nitrogen and oxygen atoms in total. The zero-order chi connectivity index (χ0) is 8.72. The van der Waals surface area contributed by atoms with Gasteiger partial charge >= 0.3 is 0 Å². The Labute approximate surface area is 88.7 Å². The number of fused-ring (bicyclic) bond motifs is 1. The van der Waals surface area contributed by atoms with E-state index in [9.17, 15) is 0 Å². The summed E-state index contributed by atoms with van der Waals surface area (Å²) in [6.45, 7) is 0. The highest BCUT2D eigenvalue weighted by molar-refractivity contribution is 14.1. The molecule has 0 radical (unpaired) electrons. The Bertz CT molecular complexity index is 436. The molecule has 0 unspecified atom stereocenters. The van der Waals surface area contributed by atoms with Gasteiger partial charge in [-0.15, -0.1) is 0 Å². The van der Waals surface area contributed by atoms with Gasteiger partial charge in [0.05, 0.1) is 5.52 Å². The number of hydrogen-bond acceptors (Lipinski definition) is 1. The van der Waals surface area contributed by atoms with E-state index in [1.54, 1.807) is 4.68 Å². The molecular weight excluding hydrogens is 286 g/mol. The van der Waals surface area contributed by atoms with Crippen LogP contribution in [0.15, 0.2) is 18.3 Å². The summed E-state index contributed by atoms with van der Waals surface area (Å²) in [5.41, 5.74) is 0.953. The highest BCUT2D eigenvalue weighted by atomic mass is 127. The number of benzene rings is 1. The summed E-state index contributed by atoms with van der Waals surface area (Å²) in [6, 6.07) is 3.81. The minimum atomic E-state index is 0.741. The number of hydrogen-bond donors (Lipinski definition) is 0. The lowest BCUT2D eigenvalue weighted by Crippen LogP contribution is -1.84. The number of aromatic nitrogens is 2. The zero-order valence-electron chi connectivity index (χ0n) is 6.38. The molecule has 0 fully saturated rings. The molecule has 62 valence electrons. The first-order valence-corrected chi connectivity index (χ1v) is 4.91. The molecular formula is C8H6ClIN2. The van der Waals surface area contributed by atoms with Crippen molar-refractivity contribution in [2.45, 2.75) is 0 Å². The smallest absolute Gasteiger partial charge is 0.0948 e. The molecule has 0 atom stereocenters. The van der Waals surface area contributed by atoms with Crippen molar-refractivity contribution in [2.24, 2.45) is 7.05 Å². The van der Waals surface area contributed by atoms with Crippen LogP contribution in [0.2, 0.25) is 5.02 Å². The normalized spacial score (nSPS) is 10.9. The third-order valence-electron chi connectivity index (χ3n) is 1.65. The molecule has 0 saturated heterocycles. The van der Waals surface area contributed by atoms with Crippen molar-refractivity contribution in [1.29, 1.82) is 0 Å². The molecule has 0 amide bonds. The Balaban J connectivity index is 2.88. The molecule has 1 aromatic heterocycles. The Hall–Kier alpha value is -0.290. The topological polar surface area (TPSA) is 17.8 Å². The van der Waals surface area contributed by atoms with Crippen LogP contribution in [0.3, 0.4) is 0 Å². The monoisotopic (exact) mass is 292 g/mol. The second-order valence-electron chi connectivity index (χ2n) is 2.62. The predicted molar refractivity (Wildman–Crippen MR) is 58.4 cm³/mol. The second-order valence-corrected chi connectivity index (χ2v) is 4.22. The van der Waals surface area contributed by atoms with E-state index in [1.807, 2.05) is 25.4 Å². The van der Waals surface area contributed by atoms with Crippen molar-refractivity contribution >= 4 is 45.1 Å². The number of halogens is 2. The summed E-state index contributed by atoms with van der Waals surface area (Å²) in [4.78, 5) is 0. The van der Waals surface area contributed by atoms with E-state index in [2.05, 4.69) is 27.7 Å². The molecule has 2 aromatic rings. The van der Waals surface area contributed by atoms with E-state index in [0.717, 1.165) is 19.5 Å². The molecule has 0 aliphatic heterocycles. The third kappa shape index (κ3) is 1.31. The molecule has 0 aliphatic carbocycles. The fourth-order valence-electron chi connectivity index (χ4n) is 1.17. The Kier molecular flexibility index (Phi) is 2.00. The van der Waals surface area contributed by atoms with Crippen LogP contribution in [0.25, 0.3) is 10.9 Å². The van der Waals surface area contributed by atoms with E-state index in [4.69, 9.17) is 11.6 Å². The van der Waals surface area contributed by atoms with Crippen LogP contribution in [0.5, 0.6) is 0 Å². The molecule has 4 heteroatoms. The van der Waals surface area contributed by atoms with Gasteiger partial charge in [0.1, 0.15) is 0 Å². The molecule has 0 bridgehead atoms. The molecule has 12 heavy (non-hydrogen) atoms. The first-order chi connectivity index (χ1) is 5.66. The Morgan fingerprint density at radius 2 is 2.25 bits per heavy atom. The lowest BCUT2D eigenvalue weighted by molar-refractivity contribution is 0.779. The Morgan fingerprint density at radius 3 is 3.00 bits per heavy atom. The van der Waals surface area contributed by atoms with Gasteiger partial charge in [-0.05, 0) is 34.7 Å². The molecule has 2 rings (SSSR count). The Morgan fingerprint density at radius 1 is 1.50 bits per heavy atom. The fourth-order valence-corrected chi connectivity index (χ4v) is 2.31. The van der Waals surface area contributed by atoms with Crippen molar-refractivity contribution in [2.75, 3.05) is 0 Å². The second kappa shape index (κ2) is 2.88. The lowest BCUT2D eigenvalue weighted by Gasteiger charge is -1.92. The summed E-state index contributed by atoms with van der Waals surface area (Å²) < 4.78 is 2.94. The van der Waals surface area contributed by atoms with Gasteiger partial charge in [-0.1, -0.05) is 11.6 Å². The van der Waals surface area contributed by atoms with Gasteiger partial charge in [0.2, 0.25) is 0 Å². The van der Waals surface area contributed by atoms with Gasteiger partial charge in [0, 0.05) is 27.2 Å². The number of nitrogens with zero attached hydrogens (tertiary/aromatic N) is 2. The van der Waals surface area contributed by atoms with Crippen LogP contribution >= 0.6 is 34.2 Å². The van der Waals surface area contributed by atoms with Gasteiger partial charge in [-0.2, -0.15) is 5.10 Å². The van der Waals surface area contributed by atoms with Crippen LogP contribution in [0, 0.1) is 3.57 Å². The van der Waals surface area contributed by atoms with Crippen LogP contribution in [-0.4, -0.2) is 9.78 Å². The largest absolute Gasteiger partial charge is 0.275 e. The van der Waals surface area contributed by atoms with E-state index >= 15 is 0 Å². The lowest BCUT2D eigenvalue weighted by atomic mass is 10.3. The van der Waals surface area contributed by atoms with Gasteiger partial charge < -0.3 is 0 Å². The van der Waals surface area contributed by atoms with Crippen molar-refractivity contribution < 1.29 is 0 Å². The van der Waals surface area contributed by atoms with Crippen LogP contribution in [0.4, 0.5) is 0 Å². The third-order valence-corrected chi connectivity index (χ3v) is 2.76. The molecule has 1 aromatic carbocycles. The van der Waals surface area contributed by atoms with Crippen LogP contribution < -0.4 is 0 Å². The predicted octanol–water partition coefficient (Wildman–Crippen LogP) is 2.83. The van der Waals surface area contributed by atoms with E-state index in [1.165, 1.54) is 0 Å². The molecule has 0 N–H and O–H groups in total. The summed E-state index contributed by atoms with van der Waals surface area (Å²) in [6.07, 6.45) is 1.99. The zero-order valence-corrected chi connectivity index (χ0v) is 9.30. The maximum absolute atomic E-state index is 5.88. The van der Waals surface area contributed by atoms with Crippen LogP contribution in [-0.2, 0) is 7.05 Å². The first kappa shape index (κ1) is 8.31. The van der Waals surface area contributed by atoms with Crippen molar-refractivity contribution in [3.8, 4) is 0 Å². The molecule has 1 heterocycles. The summed E-state index contributed by atoms with van der Waals surface area (Å²) in [7, 11) is 1.91. The first-order valence-electron chi connectivity index (χ1n) is 3.45. The molecule has 0 spiro atoms. The average Bonchev–Trinajstić information content (AvgIpc) is 2.29.